The lowest BCUT2D eigenvalue weighted by Gasteiger charge is -2.33. The zero-order valence-corrected chi connectivity index (χ0v) is 14.1. The summed E-state index contributed by atoms with van der Waals surface area (Å²) < 4.78 is 0. The summed E-state index contributed by atoms with van der Waals surface area (Å²) in [5.41, 5.74) is 1.33. The number of hydrogen-bond acceptors (Lipinski definition) is 3. The third-order valence-electron chi connectivity index (χ3n) is 4.17. The highest BCUT2D eigenvalue weighted by molar-refractivity contribution is 5.48. The smallest absolute Gasteiger partial charge is 0.133 e. The van der Waals surface area contributed by atoms with Gasteiger partial charge in [0, 0.05) is 36.9 Å². The maximum absolute atomic E-state index is 4.74. The third kappa shape index (κ3) is 4.70. The molecule has 0 unspecified atom stereocenters. The molecule has 0 aliphatic heterocycles. The van der Waals surface area contributed by atoms with Crippen LogP contribution in [0.3, 0.4) is 0 Å². The lowest BCUT2D eigenvalue weighted by molar-refractivity contribution is 0.525. The fourth-order valence-corrected chi connectivity index (χ4v) is 3.16. The van der Waals surface area contributed by atoms with E-state index in [1.165, 1.54) is 37.1 Å². The first kappa shape index (κ1) is 16.3. The molecule has 1 aliphatic rings. The number of nitrogens with zero attached hydrogens (tertiary/aromatic N) is 2. The van der Waals surface area contributed by atoms with Crippen molar-refractivity contribution in [3.05, 3.63) is 23.9 Å². The lowest BCUT2D eigenvalue weighted by atomic mass is 10.1. The van der Waals surface area contributed by atoms with Crippen LogP contribution in [-0.2, 0) is 6.54 Å². The lowest BCUT2D eigenvalue weighted by Crippen LogP contribution is -2.38. The monoisotopic (exact) mass is 289 g/mol. The molecule has 1 aromatic heterocycles. The fraction of sp³-hybridized carbons (Fsp3) is 0.722. The van der Waals surface area contributed by atoms with Gasteiger partial charge in [-0.25, -0.2) is 4.98 Å². The van der Waals surface area contributed by atoms with Crippen LogP contribution in [0.15, 0.2) is 18.3 Å². The summed E-state index contributed by atoms with van der Waals surface area (Å²) in [5.74, 6) is 1.87. The van der Waals surface area contributed by atoms with Crippen molar-refractivity contribution >= 4 is 5.82 Å². The van der Waals surface area contributed by atoms with Crippen molar-refractivity contribution in [3.63, 3.8) is 0 Å². The molecule has 0 saturated heterocycles. The van der Waals surface area contributed by atoms with Crippen LogP contribution in [0.1, 0.15) is 58.9 Å². The summed E-state index contributed by atoms with van der Waals surface area (Å²) in [7, 11) is 0. The van der Waals surface area contributed by atoms with Crippen molar-refractivity contribution in [2.75, 3.05) is 11.4 Å². The van der Waals surface area contributed by atoms with Gasteiger partial charge in [-0.05, 0) is 24.8 Å². The van der Waals surface area contributed by atoms with Crippen molar-refractivity contribution in [2.45, 2.75) is 72.0 Å². The Bertz CT molecular complexity index is 422. The minimum Gasteiger partial charge on any atom is -0.353 e. The maximum atomic E-state index is 4.74. The van der Waals surface area contributed by atoms with Gasteiger partial charge in [0.15, 0.2) is 0 Å². The van der Waals surface area contributed by atoms with E-state index in [4.69, 9.17) is 4.98 Å². The van der Waals surface area contributed by atoms with Gasteiger partial charge in [0.1, 0.15) is 5.82 Å². The van der Waals surface area contributed by atoms with Gasteiger partial charge in [0.05, 0.1) is 0 Å². The van der Waals surface area contributed by atoms with E-state index in [1.807, 2.05) is 6.20 Å². The standard InChI is InChI=1S/C18H31N3/c1-14(2)13-21(17-9-5-6-10-17)18-16(8-7-11-19-18)12-20-15(3)4/h7-8,11,14-15,17,20H,5-6,9-10,12-13H2,1-4H3. The molecule has 1 saturated carbocycles. The first-order valence-corrected chi connectivity index (χ1v) is 8.52. The Balaban J connectivity index is 2.21. The highest BCUT2D eigenvalue weighted by Gasteiger charge is 2.25. The van der Waals surface area contributed by atoms with Crippen LogP contribution >= 0.6 is 0 Å². The Morgan fingerprint density at radius 3 is 2.57 bits per heavy atom. The normalized spacial score (nSPS) is 16.1. The molecule has 1 aromatic rings. The van der Waals surface area contributed by atoms with E-state index < -0.39 is 0 Å². The molecule has 1 N–H and O–H groups in total. The molecule has 0 atom stereocenters. The zero-order valence-electron chi connectivity index (χ0n) is 14.1. The molecule has 3 nitrogen and oxygen atoms in total. The van der Waals surface area contributed by atoms with Gasteiger partial charge in [0.25, 0.3) is 0 Å². The zero-order chi connectivity index (χ0) is 15.2. The van der Waals surface area contributed by atoms with Crippen LogP contribution in [0.25, 0.3) is 0 Å². The maximum Gasteiger partial charge on any atom is 0.133 e. The van der Waals surface area contributed by atoms with Crippen LogP contribution < -0.4 is 10.2 Å². The van der Waals surface area contributed by atoms with Crippen LogP contribution in [-0.4, -0.2) is 23.6 Å². The topological polar surface area (TPSA) is 28.2 Å². The highest BCUT2D eigenvalue weighted by atomic mass is 15.2. The van der Waals surface area contributed by atoms with E-state index in [0.29, 0.717) is 18.0 Å². The Hall–Kier alpha value is -1.09. The van der Waals surface area contributed by atoms with Crippen molar-refractivity contribution < 1.29 is 0 Å². The summed E-state index contributed by atoms with van der Waals surface area (Å²) in [6, 6.07) is 5.46. The number of nitrogens with one attached hydrogen (secondary N) is 1. The Morgan fingerprint density at radius 1 is 1.24 bits per heavy atom. The number of anilines is 1. The van der Waals surface area contributed by atoms with E-state index in [1.54, 1.807) is 0 Å². The molecule has 2 rings (SSSR count). The van der Waals surface area contributed by atoms with Crippen LogP contribution in [0.2, 0.25) is 0 Å². The molecule has 0 bridgehead atoms. The molecule has 0 aromatic carbocycles. The Morgan fingerprint density at radius 2 is 1.95 bits per heavy atom. The van der Waals surface area contributed by atoms with Crippen LogP contribution in [0.4, 0.5) is 5.82 Å². The van der Waals surface area contributed by atoms with Crippen molar-refractivity contribution in [3.8, 4) is 0 Å². The van der Waals surface area contributed by atoms with Gasteiger partial charge in [-0.3, -0.25) is 0 Å². The number of pyridine rings is 1. The number of hydrogen-bond donors (Lipinski definition) is 1. The summed E-state index contributed by atoms with van der Waals surface area (Å²) >= 11 is 0. The summed E-state index contributed by atoms with van der Waals surface area (Å²) in [5, 5.41) is 3.53. The molecule has 1 fully saturated rings. The minimum atomic E-state index is 0.503. The van der Waals surface area contributed by atoms with E-state index in [2.05, 4.69) is 50.0 Å². The molecule has 21 heavy (non-hydrogen) atoms. The summed E-state index contributed by atoms with van der Waals surface area (Å²) in [4.78, 5) is 7.32. The van der Waals surface area contributed by atoms with Crippen LogP contribution in [0, 0.1) is 5.92 Å². The number of aromatic nitrogens is 1. The van der Waals surface area contributed by atoms with Gasteiger partial charge >= 0.3 is 0 Å². The molecular formula is C18H31N3. The predicted molar refractivity (Wildman–Crippen MR) is 90.7 cm³/mol. The van der Waals surface area contributed by atoms with Crippen LogP contribution in [0.5, 0.6) is 0 Å². The molecule has 0 amide bonds. The predicted octanol–water partition coefficient (Wildman–Crippen LogP) is 3.98. The Kier molecular flexibility index (Phi) is 6.04. The second-order valence-corrected chi connectivity index (χ2v) is 7.01. The van der Waals surface area contributed by atoms with Gasteiger partial charge in [0.2, 0.25) is 0 Å². The summed E-state index contributed by atoms with van der Waals surface area (Å²) in [6.45, 7) is 11.0. The average molecular weight is 289 g/mol. The number of rotatable bonds is 7. The first-order valence-electron chi connectivity index (χ1n) is 8.52. The first-order chi connectivity index (χ1) is 10.1. The van der Waals surface area contributed by atoms with E-state index in [0.717, 1.165) is 13.1 Å². The van der Waals surface area contributed by atoms with E-state index in [9.17, 15) is 0 Å². The average Bonchev–Trinajstić information content (AvgIpc) is 2.96. The minimum absolute atomic E-state index is 0.503. The fourth-order valence-electron chi connectivity index (χ4n) is 3.16. The molecule has 0 radical (unpaired) electrons. The van der Waals surface area contributed by atoms with E-state index >= 15 is 0 Å². The molecular weight excluding hydrogens is 258 g/mol. The molecule has 3 heteroatoms. The van der Waals surface area contributed by atoms with Crippen molar-refractivity contribution in [1.29, 1.82) is 0 Å². The molecule has 0 spiro atoms. The highest BCUT2D eigenvalue weighted by Crippen LogP contribution is 2.29. The largest absolute Gasteiger partial charge is 0.353 e. The second kappa shape index (κ2) is 7.79. The molecule has 118 valence electrons. The van der Waals surface area contributed by atoms with Gasteiger partial charge in [-0.2, -0.15) is 0 Å². The van der Waals surface area contributed by atoms with Crippen molar-refractivity contribution in [1.82, 2.24) is 10.3 Å². The third-order valence-corrected chi connectivity index (χ3v) is 4.17. The quantitative estimate of drug-likeness (QED) is 0.823. The summed E-state index contributed by atoms with van der Waals surface area (Å²) in [6.07, 6.45) is 7.31. The van der Waals surface area contributed by atoms with Gasteiger partial charge < -0.3 is 10.2 Å². The van der Waals surface area contributed by atoms with E-state index in [-0.39, 0.29) is 0 Å². The SMILES string of the molecule is CC(C)CN(c1ncccc1CNC(C)C)C1CCCC1. The van der Waals surface area contributed by atoms with Crippen molar-refractivity contribution in [2.24, 2.45) is 5.92 Å². The second-order valence-electron chi connectivity index (χ2n) is 7.01. The molecule has 1 aliphatic carbocycles. The van der Waals surface area contributed by atoms with Gasteiger partial charge in [-0.15, -0.1) is 0 Å². The Labute approximate surface area is 130 Å². The van der Waals surface area contributed by atoms with Gasteiger partial charge in [-0.1, -0.05) is 46.6 Å². The molecule has 1 heterocycles.